The molecule has 0 radical (unpaired) electrons. The number of nitrogens with two attached hydrogens (primary N) is 1. The molecule has 5 heteroatoms. The lowest BCUT2D eigenvalue weighted by Crippen LogP contribution is -2.39. The van der Waals surface area contributed by atoms with E-state index in [0.717, 1.165) is 4.57 Å². The smallest absolute Gasteiger partial charge is 0.332 e. The molecule has 1 aromatic heterocycles. The fourth-order valence-corrected chi connectivity index (χ4v) is 0.984. The Kier molecular flexibility index (Phi) is 2.36. The summed E-state index contributed by atoms with van der Waals surface area (Å²) in [7, 11) is 1.51. The summed E-state index contributed by atoms with van der Waals surface area (Å²) in [6.07, 6.45) is 1.49. The van der Waals surface area contributed by atoms with Gasteiger partial charge < -0.3 is 5.73 Å². The van der Waals surface area contributed by atoms with Gasteiger partial charge in [-0.25, -0.2) is 4.79 Å². The van der Waals surface area contributed by atoms with Gasteiger partial charge in [-0.1, -0.05) is 6.08 Å². The molecular weight excluding hydrogens is 170 g/mol. The van der Waals surface area contributed by atoms with Crippen LogP contribution >= 0.6 is 0 Å². The van der Waals surface area contributed by atoms with Gasteiger partial charge in [0.25, 0.3) is 5.56 Å². The van der Waals surface area contributed by atoms with Crippen LogP contribution in [-0.2, 0) is 13.6 Å². The molecule has 2 N–H and O–H groups in total. The second-order valence-electron chi connectivity index (χ2n) is 2.65. The van der Waals surface area contributed by atoms with Gasteiger partial charge in [-0.2, -0.15) is 0 Å². The van der Waals surface area contributed by atoms with Crippen LogP contribution in [0.2, 0.25) is 0 Å². The molecule has 1 heterocycles. The quantitative estimate of drug-likeness (QED) is 0.614. The molecule has 0 unspecified atom stereocenters. The number of hydrogen-bond donors (Lipinski definition) is 1. The molecule has 0 saturated heterocycles. The van der Waals surface area contributed by atoms with Crippen molar-refractivity contribution >= 4 is 5.82 Å². The summed E-state index contributed by atoms with van der Waals surface area (Å²) in [4.78, 5) is 22.6. The van der Waals surface area contributed by atoms with Gasteiger partial charge in [-0.3, -0.25) is 13.9 Å². The molecular formula is C8H11N3O2. The largest absolute Gasteiger partial charge is 0.385 e. The van der Waals surface area contributed by atoms with E-state index >= 15 is 0 Å². The van der Waals surface area contributed by atoms with Crippen molar-refractivity contribution in [1.29, 1.82) is 0 Å². The minimum absolute atomic E-state index is 0.162. The first-order valence-corrected chi connectivity index (χ1v) is 3.75. The van der Waals surface area contributed by atoms with Gasteiger partial charge in [-0.05, 0) is 0 Å². The van der Waals surface area contributed by atoms with E-state index in [-0.39, 0.29) is 12.4 Å². The number of allylic oxidation sites excluding steroid dienone is 1. The van der Waals surface area contributed by atoms with Crippen molar-refractivity contribution in [3.8, 4) is 0 Å². The Morgan fingerprint density at radius 1 is 1.62 bits per heavy atom. The number of nitrogens with zero attached hydrogens (tertiary/aromatic N) is 2. The molecule has 0 amide bonds. The zero-order valence-electron chi connectivity index (χ0n) is 7.36. The van der Waals surface area contributed by atoms with Crippen LogP contribution in [0.3, 0.4) is 0 Å². The summed E-state index contributed by atoms with van der Waals surface area (Å²) >= 11 is 0. The zero-order valence-corrected chi connectivity index (χ0v) is 7.36. The van der Waals surface area contributed by atoms with E-state index in [1.165, 1.54) is 23.8 Å². The summed E-state index contributed by atoms with van der Waals surface area (Å²) in [6, 6.07) is 1.21. The van der Waals surface area contributed by atoms with Crippen LogP contribution in [-0.4, -0.2) is 9.13 Å². The van der Waals surface area contributed by atoms with Gasteiger partial charge in [0.2, 0.25) is 0 Å². The Labute approximate surface area is 74.7 Å². The SMILES string of the molecule is C=CCn1c(=O)cc(N)n(C)c1=O. The lowest BCUT2D eigenvalue weighted by Gasteiger charge is -2.05. The first-order valence-electron chi connectivity index (χ1n) is 3.75. The van der Waals surface area contributed by atoms with E-state index in [1.54, 1.807) is 0 Å². The highest BCUT2D eigenvalue weighted by Crippen LogP contribution is 1.88. The Hall–Kier alpha value is -1.78. The standard InChI is InChI=1S/C8H11N3O2/c1-3-4-11-7(12)5-6(9)10(2)8(11)13/h3,5H,1,4,9H2,2H3. The molecule has 0 atom stereocenters. The summed E-state index contributed by atoms with van der Waals surface area (Å²) in [5.41, 5.74) is 4.58. The molecule has 0 fully saturated rings. The predicted octanol–water partition coefficient (Wildman–Crippen LogP) is -0.685. The third kappa shape index (κ3) is 1.53. The van der Waals surface area contributed by atoms with Crippen LogP contribution in [0, 0.1) is 0 Å². The van der Waals surface area contributed by atoms with Crippen LogP contribution in [0.4, 0.5) is 5.82 Å². The van der Waals surface area contributed by atoms with Crippen LogP contribution in [0.5, 0.6) is 0 Å². The molecule has 0 aliphatic heterocycles. The number of nitrogen functional groups attached to an aromatic ring is 1. The average Bonchev–Trinajstić information content (AvgIpc) is 2.09. The monoisotopic (exact) mass is 181 g/mol. The van der Waals surface area contributed by atoms with Crippen LogP contribution in [0.15, 0.2) is 28.3 Å². The van der Waals surface area contributed by atoms with Gasteiger partial charge in [0, 0.05) is 19.7 Å². The van der Waals surface area contributed by atoms with E-state index < -0.39 is 11.2 Å². The maximum atomic E-state index is 11.4. The minimum Gasteiger partial charge on any atom is -0.385 e. The number of rotatable bonds is 2. The normalized spacial score (nSPS) is 9.92. The number of anilines is 1. The molecule has 5 nitrogen and oxygen atoms in total. The molecule has 0 spiro atoms. The number of aromatic nitrogens is 2. The summed E-state index contributed by atoms with van der Waals surface area (Å²) in [5.74, 6) is 0.162. The average molecular weight is 181 g/mol. The minimum atomic E-state index is -0.426. The molecule has 0 bridgehead atoms. The lowest BCUT2D eigenvalue weighted by molar-refractivity contribution is 0.656. The van der Waals surface area contributed by atoms with Crippen molar-refractivity contribution in [1.82, 2.24) is 9.13 Å². The highest BCUT2D eigenvalue weighted by molar-refractivity contribution is 5.26. The second-order valence-corrected chi connectivity index (χ2v) is 2.65. The van der Waals surface area contributed by atoms with Crippen molar-refractivity contribution in [2.24, 2.45) is 7.05 Å². The maximum absolute atomic E-state index is 11.4. The molecule has 0 aromatic carbocycles. The summed E-state index contributed by atoms with van der Waals surface area (Å²) in [6.45, 7) is 3.65. The van der Waals surface area contributed by atoms with Crippen LogP contribution in [0.25, 0.3) is 0 Å². The van der Waals surface area contributed by atoms with Gasteiger partial charge in [0.15, 0.2) is 0 Å². The van der Waals surface area contributed by atoms with Crippen LogP contribution in [0.1, 0.15) is 0 Å². The summed E-state index contributed by atoms with van der Waals surface area (Å²) in [5, 5.41) is 0. The summed E-state index contributed by atoms with van der Waals surface area (Å²) < 4.78 is 2.27. The molecule has 13 heavy (non-hydrogen) atoms. The maximum Gasteiger partial charge on any atom is 0.332 e. The van der Waals surface area contributed by atoms with Crippen molar-refractivity contribution in [3.05, 3.63) is 39.6 Å². The molecule has 0 aliphatic rings. The van der Waals surface area contributed by atoms with E-state index in [2.05, 4.69) is 6.58 Å². The predicted molar refractivity (Wildman–Crippen MR) is 50.6 cm³/mol. The van der Waals surface area contributed by atoms with Crippen molar-refractivity contribution in [2.75, 3.05) is 5.73 Å². The fourth-order valence-electron chi connectivity index (χ4n) is 0.984. The van der Waals surface area contributed by atoms with Gasteiger partial charge in [0.1, 0.15) is 5.82 Å². The lowest BCUT2D eigenvalue weighted by atomic mass is 10.5. The molecule has 1 aromatic rings. The molecule has 70 valence electrons. The molecule has 1 rings (SSSR count). The fraction of sp³-hybridized carbons (Fsp3) is 0.250. The van der Waals surface area contributed by atoms with Crippen molar-refractivity contribution in [2.45, 2.75) is 6.54 Å². The van der Waals surface area contributed by atoms with Crippen molar-refractivity contribution in [3.63, 3.8) is 0 Å². The van der Waals surface area contributed by atoms with Gasteiger partial charge in [0.05, 0.1) is 0 Å². The highest BCUT2D eigenvalue weighted by atomic mass is 16.2. The molecule has 0 aliphatic carbocycles. The van der Waals surface area contributed by atoms with E-state index in [1.807, 2.05) is 0 Å². The molecule has 0 saturated carbocycles. The third-order valence-electron chi connectivity index (χ3n) is 1.75. The van der Waals surface area contributed by atoms with Crippen LogP contribution < -0.4 is 17.0 Å². The zero-order chi connectivity index (χ0) is 10.0. The first kappa shape index (κ1) is 9.31. The second kappa shape index (κ2) is 3.30. The van der Waals surface area contributed by atoms with Gasteiger partial charge in [-0.15, -0.1) is 6.58 Å². The Morgan fingerprint density at radius 2 is 2.23 bits per heavy atom. The van der Waals surface area contributed by atoms with E-state index in [0.29, 0.717) is 0 Å². The van der Waals surface area contributed by atoms with E-state index in [9.17, 15) is 9.59 Å². The topological polar surface area (TPSA) is 70.0 Å². The van der Waals surface area contributed by atoms with Gasteiger partial charge >= 0.3 is 5.69 Å². The van der Waals surface area contributed by atoms with E-state index in [4.69, 9.17) is 5.73 Å². The van der Waals surface area contributed by atoms with Crippen molar-refractivity contribution < 1.29 is 0 Å². The number of hydrogen-bond acceptors (Lipinski definition) is 3. The Morgan fingerprint density at radius 3 is 2.77 bits per heavy atom. The Bertz CT molecular complexity index is 442. The third-order valence-corrected chi connectivity index (χ3v) is 1.75. The highest BCUT2D eigenvalue weighted by Gasteiger charge is 2.03. The first-order chi connectivity index (χ1) is 6.07. The Balaban J connectivity index is 3.53.